The normalized spacial score (nSPS) is 11.5. The Morgan fingerprint density at radius 1 is 0.652 bits per heavy atom. The lowest BCUT2D eigenvalue weighted by molar-refractivity contribution is 0.111. The van der Waals surface area contributed by atoms with Gasteiger partial charge >= 0.3 is 0 Å². The molecular weight excluding hydrogens is 675 g/mol. The van der Waals surface area contributed by atoms with Gasteiger partial charge in [-0.2, -0.15) is 10.2 Å². The van der Waals surface area contributed by atoms with Gasteiger partial charge in [-0.1, -0.05) is 59.6 Å². The van der Waals surface area contributed by atoms with Gasteiger partial charge in [-0.05, 0) is 48.5 Å². The summed E-state index contributed by atoms with van der Waals surface area (Å²) < 4.78 is 53.7. The maximum Gasteiger partial charge on any atom is 0.223 e. The average molecular weight is 698 g/mol. The fourth-order valence-corrected chi connectivity index (χ4v) is 7.38. The van der Waals surface area contributed by atoms with Gasteiger partial charge in [0.2, 0.25) is 19.7 Å². The third-order valence-electron chi connectivity index (χ3n) is 6.30. The Kier molecular flexibility index (Phi) is 9.74. The van der Waals surface area contributed by atoms with Crippen LogP contribution in [0.2, 0.25) is 10.3 Å². The monoisotopic (exact) mass is 696 g/mol. The van der Waals surface area contributed by atoms with E-state index in [1.165, 1.54) is 53.5 Å². The van der Waals surface area contributed by atoms with Crippen molar-refractivity contribution in [1.82, 2.24) is 29.5 Å². The molecule has 1 N–H and O–H groups in total. The van der Waals surface area contributed by atoms with E-state index < -0.39 is 19.7 Å². The van der Waals surface area contributed by atoms with Crippen LogP contribution in [0, 0.1) is 0 Å². The third kappa shape index (κ3) is 6.61. The number of benzene rings is 2. The quantitative estimate of drug-likeness (QED) is 0.172. The molecule has 0 aliphatic heterocycles. The largest absolute Gasteiger partial charge is 0.390 e. The summed E-state index contributed by atoms with van der Waals surface area (Å²) in [6, 6.07) is 24.8. The van der Waals surface area contributed by atoms with Crippen molar-refractivity contribution in [1.29, 1.82) is 0 Å². The van der Waals surface area contributed by atoms with Crippen LogP contribution < -0.4 is 0 Å². The van der Waals surface area contributed by atoms with E-state index in [4.69, 9.17) is 23.2 Å². The number of hydrogen-bond acceptors (Lipinski definition) is 10. The summed E-state index contributed by atoms with van der Waals surface area (Å²) in [6.45, 7) is -0.387. The highest BCUT2D eigenvalue weighted by Gasteiger charge is 2.27. The number of aliphatic hydroxyl groups is 1. The van der Waals surface area contributed by atoms with Gasteiger partial charge in [0.05, 0.1) is 22.1 Å². The van der Waals surface area contributed by atoms with Crippen LogP contribution in [0.15, 0.2) is 129 Å². The van der Waals surface area contributed by atoms with Crippen LogP contribution in [0.5, 0.6) is 0 Å². The second kappa shape index (κ2) is 13.7. The molecule has 6 aromatic rings. The first-order chi connectivity index (χ1) is 22.1. The fourth-order valence-electron chi connectivity index (χ4n) is 4.17. The summed E-state index contributed by atoms with van der Waals surface area (Å²) in [6.07, 6.45) is 3.44. The zero-order valence-electron chi connectivity index (χ0n) is 23.4. The Morgan fingerprint density at radius 2 is 1.11 bits per heavy atom. The number of aldehydes is 1. The van der Waals surface area contributed by atoms with Crippen LogP contribution >= 0.6 is 23.2 Å². The van der Waals surface area contributed by atoms with Gasteiger partial charge in [-0.3, -0.25) is 4.79 Å². The molecule has 0 saturated carbocycles. The molecule has 4 aromatic heterocycles. The first kappa shape index (κ1) is 32.7. The minimum absolute atomic E-state index is 0.0144. The molecule has 46 heavy (non-hydrogen) atoms. The van der Waals surface area contributed by atoms with E-state index >= 15 is 0 Å². The number of carbonyl (C=O) groups excluding carboxylic acids is 1. The number of sulfone groups is 2. The van der Waals surface area contributed by atoms with Gasteiger partial charge in [-0.25, -0.2) is 36.2 Å². The smallest absolute Gasteiger partial charge is 0.223 e. The molecule has 16 heteroatoms. The molecule has 0 fully saturated rings. The standard InChI is InChI=1S/C15H12ClN3O3S.C15H10ClN3O3S/c2*16-15-13(7-4-8-17-15)19-14(9-11(10-20)18-19)23(21,22)12-5-2-1-3-6-12/h1-9,20H,10H2;1-10H. The highest BCUT2D eigenvalue weighted by molar-refractivity contribution is 7.91. The number of aromatic nitrogens is 6. The van der Waals surface area contributed by atoms with Crippen molar-refractivity contribution in [3.05, 3.63) is 131 Å². The first-order valence-electron chi connectivity index (χ1n) is 13.1. The molecular formula is C30H22Cl2N6O6S2. The van der Waals surface area contributed by atoms with Crippen LogP contribution in [0.4, 0.5) is 0 Å². The van der Waals surface area contributed by atoms with Gasteiger partial charge in [-0.15, -0.1) is 0 Å². The van der Waals surface area contributed by atoms with E-state index in [1.807, 2.05) is 0 Å². The second-order valence-electron chi connectivity index (χ2n) is 9.24. The summed E-state index contributed by atoms with van der Waals surface area (Å²) >= 11 is 12.1. The third-order valence-corrected chi connectivity index (χ3v) is 10.3. The zero-order chi connectivity index (χ0) is 32.9. The van der Waals surface area contributed by atoms with Crippen molar-refractivity contribution in [3.63, 3.8) is 0 Å². The van der Waals surface area contributed by atoms with Crippen LogP contribution in [-0.4, -0.2) is 57.8 Å². The molecule has 0 spiro atoms. The van der Waals surface area contributed by atoms with Crippen LogP contribution in [-0.2, 0) is 26.3 Å². The molecule has 6 rings (SSSR count). The lowest BCUT2D eigenvalue weighted by atomic mass is 10.4. The predicted molar refractivity (Wildman–Crippen MR) is 168 cm³/mol. The van der Waals surface area contributed by atoms with Gasteiger partial charge < -0.3 is 5.11 Å². The number of carbonyl (C=O) groups is 1. The van der Waals surface area contributed by atoms with Crippen molar-refractivity contribution in [3.8, 4) is 11.4 Å². The molecule has 12 nitrogen and oxygen atoms in total. The van der Waals surface area contributed by atoms with Gasteiger partial charge in [0.15, 0.2) is 26.6 Å². The summed E-state index contributed by atoms with van der Waals surface area (Å²) in [5.74, 6) is 0. The lowest BCUT2D eigenvalue weighted by Gasteiger charge is -2.09. The molecule has 0 aliphatic carbocycles. The number of rotatable bonds is 8. The summed E-state index contributed by atoms with van der Waals surface area (Å²) in [5, 5.41) is 17.4. The van der Waals surface area contributed by atoms with Crippen LogP contribution in [0.1, 0.15) is 16.2 Å². The predicted octanol–water partition coefficient (Wildman–Crippen LogP) is 4.81. The molecule has 2 aromatic carbocycles. The molecule has 0 unspecified atom stereocenters. The maximum atomic E-state index is 12.9. The lowest BCUT2D eigenvalue weighted by Crippen LogP contribution is -2.10. The Morgan fingerprint density at radius 3 is 1.54 bits per heavy atom. The van der Waals surface area contributed by atoms with E-state index in [-0.39, 0.29) is 53.8 Å². The first-order valence-corrected chi connectivity index (χ1v) is 16.9. The summed E-state index contributed by atoms with van der Waals surface area (Å²) in [5.41, 5.74) is 0.805. The summed E-state index contributed by atoms with van der Waals surface area (Å²) in [4.78, 5) is 19.1. The van der Waals surface area contributed by atoms with Gasteiger partial charge in [0, 0.05) is 24.5 Å². The minimum Gasteiger partial charge on any atom is -0.390 e. The van der Waals surface area contributed by atoms with E-state index in [1.54, 1.807) is 60.7 Å². The number of aliphatic hydroxyl groups excluding tert-OH is 1. The van der Waals surface area contributed by atoms with Crippen molar-refractivity contribution in [2.75, 3.05) is 0 Å². The van der Waals surface area contributed by atoms with Crippen LogP contribution in [0.25, 0.3) is 11.4 Å². The molecule has 234 valence electrons. The van der Waals surface area contributed by atoms with Crippen LogP contribution in [0.3, 0.4) is 0 Å². The van der Waals surface area contributed by atoms with Crippen molar-refractivity contribution in [2.24, 2.45) is 0 Å². The highest BCUT2D eigenvalue weighted by Crippen LogP contribution is 2.28. The van der Waals surface area contributed by atoms with Gasteiger partial charge in [0.25, 0.3) is 0 Å². The van der Waals surface area contributed by atoms with E-state index in [0.717, 1.165) is 4.68 Å². The molecule has 4 heterocycles. The van der Waals surface area contributed by atoms with Crippen molar-refractivity contribution in [2.45, 2.75) is 26.4 Å². The fraction of sp³-hybridized carbons (Fsp3) is 0.0333. The summed E-state index contributed by atoms with van der Waals surface area (Å²) in [7, 11) is -7.69. The Labute approximate surface area is 273 Å². The van der Waals surface area contributed by atoms with E-state index in [0.29, 0.717) is 12.0 Å². The highest BCUT2D eigenvalue weighted by atomic mass is 35.5. The molecule has 0 bridgehead atoms. The molecule has 0 amide bonds. The second-order valence-corrected chi connectivity index (χ2v) is 13.7. The topological polar surface area (TPSA) is 167 Å². The molecule has 0 atom stereocenters. The number of halogens is 2. The average Bonchev–Trinajstić information content (AvgIpc) is 3.72. The van der Waals surface area contributed by atoms with Crippen molar-refractivity contribution >= 4 is 49.2 Å². The minimum atomic E-state index is -3.87. The van der Waals surface area contributed by atoms with E-state index in [9.17, 15) is 26.7 Å². The SMILES string of the molecule is O=Cc1cc(S(=O)(=O)c2ccccc2)n(-c2cccnc2Cl)n1.O=S(=O)(c1ccccc1)c1cc(CO)nn1-c1cccnc1Cl. The zero-order valence-corrected chi connectivity index (χ0v) is 26.6. The molecule has 0 aliphatic rings. The van der Waals surface area contributed by atoms with Crippen molar-refractivity contribution < 1.29 is 26.7 Å². The number of hydrogen-bond donors (Lipinski definition) is 1. The Balaban J connectivity index is 0.000000181. The number of pyridine rings is 2. The Hall–Kier alpha value is -4.73. The van der Waals surface area contributed by atoms with E-state index in [2.05, 4.69) is 20.2 Å². The maximum absolute atomic E-state index is 12.9. The number of nitrogens with zero attached hydrogens (tertiary/aromatic N) is 6. The van der Waals surface area contributed by atoms with Gasteiger partial charge in [0.1, 0.15) is 17.1 Å². The molecule has 0 saturated heterocycles. The molecule has 0 radical (unpaired) electrons. The Bertz CT molecular complexity index is 2230.